The Morgan fingerprint density at radius 3 is 3.00 bits per heavy atom. The Morgan fingerprint density at radius 2 is 2.41 bits per heavy atom. The second-order valence-electron chi connectivity index (χ2n) is 5.03. The van der Waals surface area contributed by atoms with Crippen molar-refractivity contribution in [2.45, 2.75) is 45.3 Å². The van der Waals surface area contributed by atoms with E-state index in [1.807, 2.05) is 26.8 Å². The average Bonchev–Trinajstić information content (AvgIpc) is 2.59. The first kappa shape index (κ1) is 13.4. The largest absolute Gasteiger partial charge is 0.444 e. The zero-order valence-electron chi connectivity index (χ0n) is 10.4. The van der Waals surface area contributed by atoms with E-state index in [0.717, 1.165) is 18.4 Å². The number of amides is 1. The van der Waals surface area contributed by atoms with Crippen LogP contribution in [0, 0.1) is 0 Å². The van der Waals surface area contributed by atoms with E-state index in [-0.39, 0.29) is 6.04 Å². The summed E-state index contributed by atoms with van der Waals surface area (Å²) in [7, 11) is 0. The van der Waals surface area contributed by atoms with Crippen LogP contribution in [0.1, 0.15) is 33.6 Å². The van der Waals surface area contributed by atoms with Gasteiger partial charge in [0.1, 0.15) is 5.60 Å². The topological polar surface area (TPSA) is 87.1 Å². The van der Waals surface area contributed by atoms with Gasteiger partial charge in [0.25, 0.3) is 0 Å². The summed E-state index contributed by atoms with van der Waals surface area (Å²) in [4.78, 5) is 14.2. The Labute approximate surface area is 101 Å². The van der Waals surface area contributed by atoms with Gasteiger partial charge in [0.2, 0.25) is 0 Å². The molecular formula is C11H18N4O2. The van der Waals surface area contributed by atoms with Crippen molar-refractivity contribution in [3.05, 3.63) is 22.1 Å². The number of nitrogens with one attached hydrogen (secondary N) is 1. The second-order valence-corrected chi connectivity index (χ2v) is 5.03. The molecule has 0 radical (unpaired) electrons. The number of nitrogens with zero attached hydrogens (tertiary/aromatic N) is 3. The first-order valence-corrected chi connectivity index (χ1v) is 5.59. The molecule has 0 aliphatic heterocycles. The molecule has 1 rings (SSSR count). The minimum atomic E-state index is -0.482. The molecule has 0 aromatic carbocycles. The van der Waals surface area contributed by atoms with Crippen LogP contribution in [-0.4, -0.2) is 24.3 Å². The van der Waals surface area contributed by atoms with Crippen LogP contribution in [0.4, 0.5) is 4.79 Å². The summed E-state index contributed by atoms with van der Waals surface area (Å²) in [5.41, 5.74) is 8.78. The lowest BCUT2D eigenvalue weighted by atomic mass is 10.2. The van der Waals surface area contributed by atoms with Gasteiger partial charge in [-0.2, -0.15) is 0 Å². The third kappa shape index (κ3) is 5.26. The van der Waals surface area contributed by atoms with Gasteiger partial charge in [0.05, 0.1) is 0 Å². The minimum absolute atomic E-state index is 0.0498. The lowest BCUT2D eigenvalue weighted by molar-refractivity contribution is 0.0506. The number of azide groups is 1. The molecule has 1 N–H and O–H groups in total. The van der Waals surface area contributed by atoms with Gasteiger partial charge in [-0.1, -0.05) is 16.8 Å². The number of carbonyl (C=O) groups is 1. The number of alkyl carbamates (subject to hydrolysis) is 1. The Balaban J connectivity index is 2.32. The molecule has 0 aromatic rings. The van der Waals surface area contributed by atoms with Crippen molar-refractivity contribution in [3.63, 3.8) is 0 Å². The van der Waals surface area contributed by atoms with E-state index in [4.69, 9.17) is 10.3 Å². The third-order valence-electron chi connectivity index (χ3n) is 2.26. The lowest BCUT2D eigenvalue weighted by Gasteiger charge is -2.21. The van der Waals surface area contributed by atoms with Gasteiger partial charge in [-0.05, 0) is 39.1 Å². The smallest absolute Gasteiger partial charge is 0.407 e. The normalized spacial score (nSPS) is 19.2. The van der Waals surface area contributed by atoms with Gasteiger partial charge in [-0.25, -0.2) is 4.79 Å². The van der Waals surface area contributed by atoms with Gasteiger partial charge < -0.3 is 10.1 Å². The Hall–Kier alpha value is -1.68. The highest BCUT2D eigenvalue weighted by molar-refractivity contribution is 5.68. The van der Waals surface area contributed by atoms with Gasteiger partial charge >= 0.3 is 6.09 Å². The number of ether oxygens (including phenoxy) is 1. The summed E-state index contributed by atoms with van der Waals surface area (Å²) in [5, 5.41) is 6.29. The third-order valence-corrected chi connectivity index (χ3v) is 2.26. The molecule has 0 heterocycles. The predicted octanol–water partition coefficient (Wildman–Crippen LogP) is 2.91. The van der Waals surface area contributed by atoms with E-state index in [1.54, 1.807) is 0 Å². The monoisotopic (exact) mass is 238 g/mol. The molecule has 94 valence electrons. The molecule has 1 unspecified atom stereocenters. The molecule has 17 heavy (non-hydrogen) atoms. The molecular weight excluding hydrogens is 220 g/mol. The van der Waals surface area contributed by atoms with Gasteiger partial charge in [0.15, 0.2) is 0 Å². The maximum atomic E-state index is 11.5. The molecule has 1 atom stereocenters. The molecule has 0 bridgehead atoms. The molecule has 6 nitrogen and oxygen atoms in total. The maximum Gasteiger partial charge on any atom is 0.407 e. The summed E-state index contributed by atoms with van der Waals surface area (Å²) in [5.74, 6) is 0. The molecule has 0 spiro atoms. The van der Waals surface area contributed by atoms with E-state index in [1.165, 1.54) is 0 Å². The molecule has 0 fully saturated rings. The number of rotatable bonds is 3. The average molecular weight is 238 g/mol. The van der Waals surface area contributed by atoms with Crippen molar-refractivity contribution in [3.8, 4) is 0 Å². The van der Waals surface area contributed by atoms with Crippen LogP contribution in [0.25, 0.3) is 10.4 Å². The van der Waals surface area contributed by atoms with Crippen molar-refractivity contribution in [1.82, 2.24) is 5.32 Å². The number of hydrogen-bond donors (Lipinski definition) is 1. The van der Waals surface area contributed by atoms with Crippen LogP contribution in [0.3, 0.4) is 0 Å². The fourth-order valence-electron chi connectivity index (χ4n) is 1.63. The Kier molecular flexibility index (Phi) is 4.40. The minimum Gasteiger partial charge on any atom is -0.444 e. The molecule has 0 saturated carbocycles. The van der Waals surface area contributed by atoms with Crippen LogP contribution in [0.5, 0.6) is 0 Å². The number of hydrogen-bond acceptors (Lipinski definition) is 3. The summed E-state index contributed by atoms with van der Waals surface area (Å²) in [6.45, 7) is 5.86. The van der Waals surface area contributed by atoms with Crippen LogP contribution in [0.15, 0.2) is 16.8 Å². The van der Waals surface area contributed by atoms with Crippen molar-refractivity contribution in [1.29, 1.82) is 0 Å². The molecule has 0 saturated heterocycles. The highest BCUT2D eigenvalue weighted by Crippen LogP contribution is 2.19. The molecule has 1 aliphatic rings. The summed E-state index contributed by atoms with van der Waals surface area (Å²) in [6.07, 6.45) is 3.07. The van der Waals surface area contributed by atoms with Crippen molar-refractivity contribution >= 4 is 6.09 Å². The summed E-state index contributed by atoms with van der Waals surface area (Å²) < 4.78 is 5.16. The van der Waals surface area contributed by atoms with Gasteiger partial charge in [-0.3, -0.25) is 0 Å². The fraction of sp³-hybridized carbons (Fsp3) is 0.727. The zero-order chi connectivity index (χ0) is 12.9. The van der Waals surface area contributed by atoms with E-state index in [0.29, 0.717) is 6.54 Å². The van der Waals surface area contributed by atoms with Crippen molar-refractivity contribution in [2.75, 3.05) is 6.54 Å². The van der Waals surface area contributed by atoms with E-state index in [9.17, 15) is 4.79 Å². The lowest BCUT2D eigenvalue weighted by Crippen LogP contribution is -2.38. The van der Waals surface area contributed by atoms with E-state index >= 15 is 0 Å². The van der Waals surface area contributed by atoms with Crippen molar-refractivity contribution in [2.24, 2.45) is 5.11 Å². The Morgan fingerprint density at radius 1 is 1.71 bits per heavy atom. The van der Waals surface area contributed by atoms with Crippen LogP contribution in [0.2, 0.25) is 0 Å². The standard InChI is InChI=1S/C11H18N4O2/c1-11(2,3)17-10(16)14-9-5-4-8(6-9)7-13-15-12/h4,9H,5-7H2,1-3H3,(H,14,16). The maximum absolute atomic E-state index is 11.5. The van der Waals surface area contributed by atoms with Crippen LogP contribution < -0.4 is 5.32 Å². The molecule has 6 heteroatoms. The van der Waals surface area contributed by atoms with E-state index in [2.05, 4.69) is 15.3 Å². The highest BCUT2D eigenvalue weighted by Gasteiger charge is 2.22. The SMILES string of the molecule is CC(C)(C)OC(=O)NC1CC=C(CN=[N+]=[N-])C1. The summed E-state index contributed by atoms with van der Waals surface area (Å²) in [6, 6.07) is 0.0498. The highest BCUT2D eigenvalue weighted by atomic mass is 16.6. The number of carbonyl (C=O) groups excluding carboxylic acids is 1. The van der Waals surface area contributed by atoms with Crippen molar-refractivity contribution < 1.29 is 9.53 Å². The van der Waals surface area contributed by atoms with Crippen LogP contribution in [-0.2, 0) is 4.74 Å². The van der Waals surface area contributed by atoms with Crippen LogP contribution >= 0.6 is 0 Å². The van der Waals surface area contributed by atoms with E-state index < -0.39 is 11.7 Å². The summed E-state index contributed by atoms with van der Waals surface area (Å²) >= 11 is 0. The predicted molar refractivity (Wildman–Crippen MR) is 64.5 cm³/mol. The van der Waals surface area contributed by atoms with Gasteiger partial charge in [0, 0.05) is 17.5 Å². The Bertz CT molecular complexity index is 364. The molecule has 0 aromatic heterocycles. The molecule has 1 aliphatic carbocycles. The fourth-order valence-corrected chi connectivity index (χ4v) is 1.63. The first-order chi connectivity index (χ1) is 7.90. The first-order valence-electron chi connectivity index (χ1n) is 5.59. The quantitative estimate of drug-likeness (QED) is 0.354. The second kappa shape index (κ2) is 5.59. The van der Waals surface area contributed by atoms with Gasteiger partial charge in [-0.15, -0.1) is 0 Å². The zero-order valence-corrected chi connectivity index (χ0v) is 10.4. The molecule has 1 amide bonds.